The zero-order valence-corrected chi connectivity index (χ0v) is 12.4. The van der Waals surface area contributed by atoms with Crippen LogP contribution in [0.3, 0.4) is 0 Å². The molecule has 1 N–H and O–H groups in total. The first-order valence-corrected chi connectivity index (χ1v) is 6.82. The van der Waals surface area contributed by atoms with Crippen LogP contribution in [0, 0.1) is 0 Å². The number of para-hydroxylation sites is 3. The summed E-state index contributed by atoms with van der Waals surface area (Å²) in [6.07, 6.45) is 0.0364. The zero-order valence-electron chi connectivity index (χ0n) is 12.4. The van der Waals surface area contributed by atoms with E-state index in [0.29, 0.717) is 22.7 Å². The maximum Gasteiger partial charge on any atom is 0.259 e. The van der Waals surface area contributed by atoms with E-state index in [4.69, 9.17) is 9.47 Å². The highest BCUT2D eigenvalue weighted by atomic mass is 16.5. The molecule has 0 unspecified atom stereocenters. The number of anilines is 1. The first-order chi connectivity index (χ1) is 10.1. The van der Waals surface area contributed by atoms with Crippen LogP contribution in [0.1, 0.15) is 24.2 Å². The average Bonchev–Trinajstić information content (AvgIpc) is 2.48. The molecule has 0 bridgehead atoms. The van der Waals surface area contributed by atoms with E-state index in [1.165, 1.54) is 0 Å². The normalized spacial score (nSPS) is 10.3. The third-order valence-corrected chi connectivity index (χ3v) is 2.85. The minimum Gasteiger partial charge on any atom is -0.496 e. The summed E-state index contributed by atoms with van der Waals surface area (Å²) in [6, 6.07) is 14.5. The fourth-order valence-electron chi connectivity index (χ4n) is 1.95. The second kappa shape index (κ2) is 6.79. The molecule has 0 atom stereocenters. The van der Waals surface area contributed by atoms with Gasteiger partial charge < -0.3 is 14.8 Å². The Bertz CT molecular complexity index is 623. The smallest absolute Gasteiger partial charge is 0.259 e. The second-order valence-corrected chi connectivity index (χ2v) is 4.82. The molecule has 0 aliphatic heterocycles. The molecule has 2 aromatic carbocycles. The number of rotatable bonds is 5. The Kier molecular flexibility index (Phi) is 4.82. The van der Waals surface area contributed by atoms with Crippen LogP contribution >= 0.6 is 0 Å². The summed E-state index contributed by atoms with van der Waals surface area (Å²) in [4.78, 5) is 12.4. The molecule has 110 valence electrons. The van der Waals surface area contributed by atoms with Gasteiger partial charge in [-0.15, -0.1) is 0 Å². The fourth-order valence-corrected chi connectivity index (χ4v) is 1.95. The van der Waals surface area contributed by atoms with Crippen molar-refractivity contribution < 1.29 is 14.3 Å². The predicted molar refractivity (Wildman–Crippen MR) is 83.2 cm³/mol. The van der Waals surface area contributed by atoms with Gasteiger partial charge in [0.2, 0.25) is 0 Å². The molecular formula is C17H19NO3. The third kappa shape index (κ3) is 3.75. The molecule has 4 heteroatoms. The van der Waals surface area contributed by atoms with Gasteiger partial charge >= 0.3 is 0 Å². The van der Waals surface area contributed by atoms with Crippen LogP contribution in [0.5, 0.6) is 11.5 Å². The summed E-state index contributed by atoms with van der Waals surface area (Å²) in [5, 5.41) is 2.86. The van der Waals surface area contributed by atoms with Crippen molar-refractivity contribution in [3.63, 3.8) is 0 Å². The second-order valence-electron chi connectivity index (χ2n) is 4.82. The lowest BCUT2D eigenvalue weighted by Gasteiger charge is -2.15. The van der Waals surface area contributed by atoms with E-state index in [1.54, 1.807) is 25.3 Å². The summed E-state index contributed by atoms with van der Waals surface area (Å²) in [6.45, 7) is 3.89. The van der Waals surface area contributed by atoms with Crippen molar-refractivity contribution in [3.05, 3.63) is 54.1 Å². The van der Waals surface area contributed by atoms with Gasteiger partial charge in [-0.3, -0.25) is 4.79 Å². The van der Waals surface area contributed by atoms with Crippen LogP contribution in [0.4, 0.5) is 5.69 Å². The molecule has 0 saturated heterocycles. The van der Waals surface area contributed by atoms with E-state index < -0.39 is 0 Å². The van der Waals surface area contributed by atoms with Gasteiger partial charge in [0, 0.05) is 0 Å². The lowest BCUT2D eigenvalue weighted by atomic mass is 10.2. The average molecular weight is 285 g/mol. The van der Waals surface area contributed by atoms with E-state index in [2.05, 4.69) is 5.32 Å². The van der Waals surface area contributed by atoms with Crippen molar-refractivity contribution in [2.45, 2.75) is 20.0 Å². The lowest BCUT2D eigenvalue weighted by Crippen LogP contribution is -2.15. The molecule has 21 heavy (non-hydrogen) atoms. The summed E-state index contributed by atoms with van der Waals surface area (Å²) in [7, 11) is 1.54. The number of benzene rings is 2. The van der Waals surface area contributed by atoms with Crippen LogP contribution in [-0.4, -0.2) is 19.1 Å². The number of amides is 1. The number of nitrogens with one attached hydrogen (secondary N) is 1. The van der Waals surface area contributed by atoms with E-state index in [0.717, 1.165) is 0 Å². The monoisotopic (exact) mass is 285 g/mol. The molecule has 0 aromatic heterocycles. The number of hydrogen-bond donors (Lipinski definition) is 1. The van der Waals surface area contributed by atoms with Gasteiger partial charge in [0.05, 0.1) is 24.5 Å². The zero-order chi connectivity index (χ0) is 15.2. The molecule has 0 saturated carbocycles. The SMILES string of the molecule is COc1ccccc1C(=O)Nc1ccccc1OC(C)C. The summed E-state index contributed by atoms with van der Waals surface area (Å²) in [5.41, 5.74) is 1.13. The molecule has 0 fully saturated rings. The fraction of sp³-hybridized carbons (Fsp3) is 0.235. The van der Waals surface area contributed by atoms with Crippen LogP contribution in [-0.2, 0) is 0 Å². The Hall–Kier alpha value is -2.49. The maximum absolute atomic E-state index is 12.4. The Morgan fingerprint density at radius 3 is 2.29 bits per heavy atom. The number of ether oxygens (including phenoxy) is 2. The van der Waals surface area contributed by atoms with E-state index in [9.17, 15) is 4.79 Å². The van der Waals surface area contributed by atoms with Crippen molar-refractivity contribution in [1.29, 1.82) is 0 Å². The van der Waals surface area contributed by atoms with Crippen molar-refractivity contribution >= 4 is 11.6 Å². The predicted octanol–water partition coefficient (Wildman–Crippen LogP) is 3.73. The topological polar surface area (TPSA) is 47.6 Å². The molecule has 1 amide bonds. The molecule has 2 rings (SSSR count). The molecule has 0 aliphatic rings. The Balaban J connectivity index is 2.24. The highest BCUT2D eigenvalue weighted by Crippen LogP contribution is 2.26. The van der Waals surface area contributed by atoms with Gasteiger partial charge in [-0.2, -0.15) is 0 Å². The molecule has 0 aliphatic carbocycles. The third-order valence-electron chi connectivity index (χ3n) is 2.85. The van der Waals surface area contributed by atoms with E-state index in [1.807, 2.05) is 44.2 Å². The summed E-state index contributed by atoms with van der Waals surface area (Å²) >= 11 is 0. The van der Waals surface area contributed by atoms with Gasteiger partial charge in [-0.25, -0.2) is 0 Å². The van der Waals surface area contributed by atoms with Gasteiger partial charge in [-0.1, -0.05) is 24.3 Å². The Morgan fingerprint density at radius 1 is 1.00 bits per heavy atom. The molecule has 4 nitrogen and oxygen atoms in total. The van der Waals surface area contributed by atoms with Crippen molar-refractivity contribution in [2.24, 2.45) is 0 Å². The van der Waals surface area contributed by atoms with E-state index >= 15 is 0 Å². The molecular weight excluding hydrogens is 266 g/mol. The Morgan fingerprint density at radius 2 is 1.62 bits per heavy atom. The minimum atomic E-state index is -0.229. The van der Waals surface area contributed by atoms with Crippen molar-refractivity contribution in [2.75, 3.05) is 12.4 Å². The van der Waals surface area contributed by atoms with Gasteiger partial charge in [-0.05, 0) is 38.1 Å². The highest BCUT2D eigenvalue weighted by Gasteiger charge is 2.14. The molecule has 0 radical (unpaired) electrons. The number of methoxy groups -OCH3 is 1. The number of carbonyl (C=O) groups is 1. The standard InChI is InChI=1S/C17H19NO3/c1-12(2)21-16-11-7-5-9-14(16)18-17(19)13-8-4-6-10-15(13)20-3/h4-12H,1-3H3,(H,18,19). The van der Waals surface area contributed by atoms with Gasteiger partial charge in [0.25, 0.3) is 5.91 Å². The largest absolute Gasteiger partial charge is 0.496 e. The highest BCUT2D eigenvalue weighted by molar-refractivity contribution is 6.06. The molecule has 2 aromatic rings. The summed E-state index contributed by atoms with van der Waals surface area (Å²) in [5.74, 6) is 0.959. The molecule has 0 heterocycles. The number of hydrogen-bond acceptors (Lipinski definition) is 3. The van der Waals surface area contributed by atoms with Crippen LogP contribution in [0.25, 0.3) is 0 Å². The first kappa shape index (κ1) is 14.9. The van der Waals surface area contributed by atoms with Crippen molar-refractivity contribution in [3.8, 4) is 11.5 Å². The maximum atomic E-state index is 12.4. The first-order valence-electron chi connectivity index (χ1n) is 6.82. The molecule has 0 spiro atoms. The van der Waals surface area contributed by atoms with Crippen LogP contribution in [0.15, 0.2) is 48.5 Å². The van der Waals surface area contributed by atoms with E-state index in [-0.39, 0.29) is 12.0 Å². The van der Waals surface area contributed by atoms with Crippen molar-refractivity contribution in [1.82, 2.24) is 0 Å². The Labute approximate surface area is 124 Å². The minimum absolute atomic E-state index is 0.0364. The van der Waals surface area contributed by atoms with Crippen LogP contribution < -0.4 is 14.8 Å². The number of carbonyl (C=O) groups excluding carboxylic acids is 1. The van der Waals surface area contributed by atoms with Crippen LogP contribution in [0.2, 0.25) is 0 Å². The van der Waals surface area contributed by atoms with Gasteiger partial charge in [0.15, 0.2) is 0 Å². The van der Waals surface area contributed by atoms with Gasteiger partial charge in [0.1, 0.15) is 11.5 Å². The quantitative estimate of drug-likeness (QED) is 0.910. The summed E-state index contributed by atoms with van der Waals surface area (Å²) < 4.78 is 10.9. The lowest BCUT2D eigenvalue weighted by molar-refractivity contribution is 0.102.